The number of hydrogen-bond donors (Lipinski definition) is 2. The Hall–Kier alpha value is -2.49. The van der Waals surface area contributed by atoms with Crippen molar-refractivity contribution in [3.63, 3.8) is 0 Å². The van der Waals surface area contributed by atoms with Gasteiger partial charge in [0.15, 0.2) is 0 Å². The summed E-state index contributed by atoms with van der Waals surface area (Å²) in [7, 11) is -2.93. The molecule has 0 bridgehead atoms. The van der Waals surface area contributed by atoms with E-state index in [2.05, 4.69) is 10.3 Å². The van der Waals surface area contributed by atoms with Crippen molar-refractivity contribution in [3.8, 4) is 0 Å². The quantitative estimate of drug-likeness (QED) is 0.673. The lowest BCUT2D eigenvalue weighted by molar-refractivity contribution is -0.144. The predicted octanol–water partition coefficient (Wildman–Crippen LogP) is -0.0636. The van der Waals surface area contributed by atoms with Gasteiger partial charge in [-0.15, -0.1) is 0 Å². The molecule has 3 heterocycles. The van der Waals surface area contributed by atoms with Crippen LogP contribution in [0.2, 0.25) is 0 Å². The molecule has 2 aliphatic heterocycles. The summed E-state index contributed by atoms with van der Waals surface area (Å²) in [5.74, 6) is -1.74. The Morgan fingerprint density at radius 2 is 1.70 bits per heavy atom. The first kappa shape index (κ1) is 19.3. The van der Waals surface area contributed by atoms with Gasteiger partial charge in [0.1, 0.15) is 9.84 Å². The van der Waals surface area contributed by atoms with Gasteiger partial charge in [-0.3, -0.25) is 19.4 Å². The number of nitrogens with one attached hydrogen (secondary N) is 1. The average molecular weight is 394 g/mol. The smallest absolute Gasteiger partial charge is 0.313 e. The van der Waals surface area contributed by atoms with Crippen molar-refractivity contribution in [2.75, 3.05) is 29.9 Å². The Bertz CT molecular complexity index is 859. The van der Waals surface area contributed by atoms with Crippen LogP contribution in [0.5, 0.6) is 0 Å². The molecule has 9 nitrogen and oxygen atoms in total. The molecule has 27 heavy (non-hydrogen) atoms. The molecule has 0 aromatic carbocycles. The lowest BCUT2D eigenvalue weighted by Gasteiger charge is -2.43. The molecule has 2 saturated heterocycles. The summed E-state index contributed by atoms with van der Waals surface area (Å²) in [4.78, 5) is 41.1. The first-order valence-corrected chi connectivity index (χ1v) is 10.6. The first-order valence-electron chi connectivity index (χ1n) is 8.75. The predicted molar refractivity (Wildman–Crippen MR) is 97.5 cm³/mol. The number of sulfone groups is 1. The molecule has 3 amide bonds. The number of likely N-dealkylation sites (tertiary alicyclic amines) is 1. The molecule has 1 spiro atoms. The van der Waals surface area contributed by atoms with E-state index < -0.39 is 27.6 Å². The van der Waals surface area contributed by atoms with Gasteiger partial charge in [-0.05, 0) is 37.2 Å². The fourth-order valence-corrected chi connectivity index (χ4v) is 5.32. The van der Waals surface area contributed by atoms with Gasteiger partial charge >= 0.3 is 11.8 Å². The van der Waals surface area contributed by atoms with Crippen LogP contribution in [0.25, 0.3) is 0 Å². The number of carbonyl (C=O) groups is 3. The lowest BCUT2D eigenvalue weighted by atomic mass is 9.74. The van der Waals surface area contributed by atoms with Crippen molar-refractivity contribution in [1.82, 2.24) is 9.88 Å². The van der Waals surface area contributed by atoms with Gasteiger partial charge in [-0.2, -0.15) is 0 Å². The van der Waals surface area contributed by atoms with Gasteiger partial charge in [-0.25, -0.2) is 8.42 Å². The molecule has 0 unspecified atom stereocenters. The lowest BCUT2D eigenvalue weighted by Crippen LogP contribution is -2.49. The van der Waals surface area contributed by atoms with Gasteiger partial charge < -0.3 is 16.0 Å². The minimum absolute atomic E-state index is 0.0433. The summed E-state index contributed by atoms with van der Waals surface area (Å²) < 4.78 is 23.3. The Kier molecular flexibility index (Phi) is 5.18. The third kappa shape index (κ3) is 4.44. The summed E-state index contributed by atoms with van der Waals surface area (Å²) in [6, 6.07) is 1.36. The van der Waals surface area contributed by atoms with Crippen LogP contribution in [0.15, 0.2) is 18.5 Å². The highest BCUT2D eigenvalue weighted by Gasteiger charge is 2.41. The van der Waals surface area contributed by atoms with Gasteiger partial charge in [-0.1, -0.05) is 0 Å². The second-order valence-corrected chi connectivity index (χ2v) is 9.53. The van der Waals surface area contributed by atoms with E-state index in [0.717, 1.165) is 0 Å². The number of hydrogen-bond acceptors (Lipinski definition) is 6. The number of amides is 3. The Balaban J connectivity index is 1.57. The van der Waals surface area contributed by atoms with Gasteiger partial charge in [0.25, 0.3) is 0 Å². The van der Waals surface area contributed by atoms with Crippen LogP contribution in [0.3, 0.4) is 0 Å². The van der Waals surface area contributed by atoms with Gasteiger partial charge in [0.05, 0.1) is 29.0 Å². The highest BCUT2D eigenvalue weighted by atomic mass is 32.2. The molecule has 0 saturated carbocycles. The number of nitrogens with two attached hydrogens (primary N) is 1. The molecule has 146 valence electrons. The van der Waals surface area contributed by atoms with E-state index in [1.807, 2.05) is 0 Å². The third-order valence-corrected chi connectivity index (χ3v) is 7.13. The number of aromatic nitrogens is 1. The Morgan fingerprint density at radius 1 is 1.07 bits per heavy atom. The largest absolute Gasteiger partial charge is 0.366 e. The zero-order valence-electron chi connectivity index (χ0n) is 14.8. The molecular weight excluding hydrogens is 372 g/mol. The molecule has 10 heteroatoms. The number of nitrogens with zero attached hydrogens (tertiary/aromatic N) is 2. The maximum atomic E-state index is 12.4. The zero-order valence-corrected chi connectivity index (χ0v) is 15.6. The van der Waals surface area contributed by atoms with Crippen LogP contribution < -0.4 is 11.1 Å². The zero-order chi connectivity index (χ0) is 19.7. The minimum atomic E-state index is -2.93. The van der Waals surface area contributed by atoms with Crippen molar-refractivity contribution in [3.05, 3.63) is 24.0 Å². The van der Waals surface area contributed by atoms with Crippen LogP contribution in [0.1, 0.15) is 36.0 Å². The van der Waals surface area contributed by atoms with Crippen molar-refractivity contribution in [1.29, 1.82) is 0 Å². The topological polar surface area (TPSA) is 140 Å². The summed E-state index contributed by atoms with van der Waals surface area (Å²) in [5, 5.41) is 2.44. The molecule has 1 aromatic rings. The fourth-order valence-electron chi connectivity index (χ4n) is 3.63. The van der Waals surface area contributed by atoms with Crippen LogP contribution in [-0.4, -0.2) is 60.6 Å². The number of pyridine rings is 1. The number of rotatable bonds is 2. The van der Waals surface area contributed by atoms with E-state index in [4.69, 9.17) is 5.73 Å². The second-order valence-electron chi connectivity index (χ2n) is 7.22. The molecule has 3 rings (SSSR count). The van der Waals surface area contributed by atoms with E-state index in [1.165, 1.54) is 23.4 Å². The van der Waals surface area contributed by atoms with Gasteiger partial charge in [0.2, 0.25) is 5.91 Å². The maximum Gasteiger partial charge on any atom is 0.313 e. The van der Waals surface area contributed by atoms with E-state index in [0.29, 0.717) is 38.8 Å². The molecule has 2 fully saturated rings. The molecule has 3 N–H and O–H groups in total. The van der Waals surface area contributed by atoms with Crippen molar-refractivity contribution < 1.29 is 22.8 Å². The summed E-state index contributed by atoms with van der Waals surface area (Å²) in [6.45, 7) is 0.845. The highest BCUT2D eigenvalue weighted by Crippen LogP contribution is 2.41. The SMILES string of the molecule is NC(=O)c1cncc(NC(=O)C(=O)N2CCC3(CC2)CCS(=O)(=O)CC3)c1. The monoisotopic (exact) mass is 394 g/mol. The summed E-state index contributed by atoms with van der Waals surface area (Å²) >= 11 is 0. The standard InChI is InChI=1S/C17H22N4O5S/c18-14(22)12-9-13(11-19-10-12)20-15(23)16(24)21-5-1-17(2-6-21)3-7-27(25,26)8-4-17/h9-11H,1-8H2,(H2,18,22)(H,20,23). The van der Waals surface area contributed by atoms with E-state index in [9.17, 15) is 22.8 Å². The Labute approximate surface area is 157 Å². The van der Waals surface area contributed by atoms with Crippen molar-refractivity contribution in [2.45, 2.75) is 25.7 Å². The van der Waals surface area contributed by atoms with Crippen LogP contribution in [-0.2, 0) is 19.4 Å². The molecule has 1 aromatic heterocycles. The number of anilines is 1. The van der Waals surface area contributed by atoms with E-state index >= 15 is 0 Å². The number of carbonyl (C=O) groups excluding carboxylic acids is 3. The molecule has 0 radical (unpaired) electrons. The third-order valence-electron chi connectivity index (χ3n) is 5.47. The van der Waals surface area contributed by atoms with E-state index in [-0.39, 0.29) is 28.2 Å². The van der Waals surface area contributed by atoms with Crippen LogP contribution >= 0.6 is 0 Å². The number of piperidine rings is 1. The molecule has 2 aliphatic rings. The fraction of sp³-hybridized carbons (Fsp3) is 0.529. The van der Waals surface area contributed by atoms with Crippen molar-refractivity contribution in [2.24, 2.45) is 11.1 Å². The van der Waals surface area contributed by atoms with E-state index in [1.54, 1.807) is 0 Å². The molecule has 0 atom stereocenters. The van der Waals surface area contributed by atoms with Crippen LogP contribution in [0.4, 0.5) is 5.69 Å². The summed E-state index contributed by atoms with van der Waals surface area (Å²) in [5.41, 5.74) is 5.48. The average Bonchev–Trinajstić information content (AvgIpc) is 2.65. The second kappa shape index (κ2) is 7.26. The number of primary amides is 1. The van der Waals surface area contributed by atoms with Crippen LogP contribution in [0, 0.1) is 5.41 Å². The van der Waals surface area contributed by atoms with Gasteiger partial charge in [0, 0.05) is 19.3 Å². The normalized spacial score (nSPS) is 20.8. The van der Waals surface area contributed by atoms with Crippen molar-refractivity contribution >= 4 is 33.2 Å². The maximum absolute atomic E-state index is 12.4. The Morgan fingerprint density at radius 3 is 2.30 bits per heavy atom. The summed E-state index contributed by atoms with van der Waals surface area (Å²) in [6.07, 6.45) is 5.23. The highest BCUT2D eigenvalue weighted by molar-refractivity contribution is 7.91. The molecular formula is C17H22N4O5S. The molecule has 0 aliphatic carbocycles. The first-order chi connectivity index (χ1) is 12.7. The minimum Gasteiger partial charge on any atom is -0.366 e.